The topological polar surface area (TPSA) is 84.9 Å². The lowest BCUT2D eigenvalue weighted by Crippen LogP contribution is -2.37. The van der Waals surface area contributed by atoms with E-state index in [1.807, 2.05) is 0 Å². The highest BCUT2D eigenvalue weighted by atomic mass is 16.5. The minimum atomic E-state index is -0.338. The SMILES string of the molecule is CCC(=O)c1ccc(OCC(=O)N(C)CC(=O)Nc2cccc(OC)c2)cc1. The standard InChI is InChI=1S/C21H24N2O5/c1-4-19(24)15-8-10-17(11-9-15)28-14-21(26)23(2)13-20(25)22-16-6-5-7-18(12-16)27-3/h5-12H,4,13-14H2,1-3H3,(H,22,25). The lowest BCUT2D eigenvalue weighted by atomic mass is 10.1. The number of methoxy groups -OCH3 is 1. The lowest BCUT2D eigenvalue weighted by Gasteiger charge is -2.17. The van der Waals surface area contributed by atoms with Crippen molar-refractivity contribution >= 4 is 23.3 Å². The number of carbonyl (C=O) groups excluding carboxylic acids is 3. The molecule has 0 saturated carbocycles. The van der Waals surface area contributed by atoms with Crippen LogP contribution in [-0.4, -0.2) is 49.8 Å². The van der Waals surface area contributed by atoms with E-state index in [4.69, 9.17) is 9.47 Å². The van der Waals surface area contributed by atoms with Crippen molar-refractivity contribution in [3.05, 3.63) is 54.1 Å². The first-order valence-electron chi connectivity index (χ1n) is 8.87. The number of hydrogen-bond acceptors (Lipinski definition) is 5. The summed E-state index contributed by atoms with van der Waals surface area (Å²) in [6, 6.07) is 13.6. The monoisotopic (exact) mass is 384 g/mol. The number of benzene rings is 2. The van der Waals surface area contributed by atoms with Crippen LogP contribution in [0.2, 0.25) is 0 Å². The van der Waals surface area contributed by atoms with E-state index in [-0.39, 0.29) is 30.7 Å². The van der Waals surface area contributed by atoms with Crippen molar-refractivity contribution in [3.8, 4) is 11.5 Å². The van der Waals surface area contributed by atoms with Crippen molar-refractivity contribution < 1.29 is 23.9 Å². The molecule has 0 aliphatic rings. The van der Waals surface area contributed by atoms with Crippen LogP contribution >= 0.6 is 0 Å². The summed E-state index contributed by atoms with van der Waals surface area (Å²) >= 11 is 0. The van der Waals surface area contributed by atoms with E-state index in [1.54, 1.807) is 62.6 Å². The van der Waals surface area contributed by atoms with Gasteiger partial charge in [0.2, 0.25) is 5.91 Å². The number of ether oxygens (including phenoxy) is 2. The summed E-state index contributed by atoms with van der Waals surface area (Å²) in [4.78, 5) is 37.2. The van der Waals surface area contributed by atoms with Crippen LogP contribution < -0.4 is 14.8 Å². The molecule has 7 heteroatoms. The quantitative estimate of drug-likeness (QED) is 0.672. The molecule has 2 rings (SSSR count). The molecule has 0 atom stereocenters. The number of nitrogens with zero attached hydrogens (tertiary/aromatic N) is 1. The van der Waals surface area contributed by atoms with E-state index < -0.39 is 0 Å². The molecule has 0 fully saturated rings. The lowest BCUT2D eigenvalue weighted by molar-refractivity contribution is -0.135. The average molecular weight is 384 g/mol. The van der Waals surface area contributed by atoms with Crippen molar-refractivity contribution in [3.63, 3.8) is 0 Å². The van der Waals surface area contributed by atoms with Gasteiger partial charge in [-0.05, 0) is 36.4 Å². The van der Waals surface area contributed by atoms with E-state index in [9.17, 15) is 14.4 Å². The number of amides is 2. The molecule has 0 radical (unpaired) electrons. The van der Waals surface area contributed by atoms with Gasteiger partial charge in [-0.3, -0.25) is 14.4 Å². The van der Waals surface area contributed by atoms with Crippen LogP contribution in [0.5, 0.6) is 11.5 Å². The Kier molecular flexibility index (Phi) is 7.56. The van der Waals surface area contributed by atoms with Gasteiger partial charge in [-0.1, -0.05) is 13.0 Å². The van der Waals surface area contributed by atoms with Crippen LogP contribution in [0.1, 0.15) is 23.7 Å². The number of ketones is 1. The van der Waals surface area contributed by atoms with Crippen LogP contribution in [0.4, 0.5) is 5.69 Å². The minimum Gasteiger partial charge on any atom is -0.497 e. The third-order valence-electron chi connectivity index (χ3n) is 4.02. The van der Waals surface area contributed by atoms with Crippen molar-refractivity contribution in [2.75, 3.05) is 32.6 Å². The second-order valence-electron chi connectivity index (χ2n) is 6.12. The Labute approximate surface area is 164 Å². The molecule has 0 saturated heterocycles. The summed E-state index contributed by atoms with van der Waals surface area (Å²) in [6.45, 7) is 1.49. The highest BCUT2D eigenvalue weighted by molar-refractivity contribution is 5.96. The molecule has 0 spiro atoms. The zero-order chi connectivity index (χ0) is 20.5. The van der Waals surface area contributed by atoms with E-state index in [0.717, 1.165) is 0 Å². The van der Waals surface area contributed by atoms with Gasteiger partial charge in [0.05, 0.1) is 13.7 Å². The predicted octanol–water partition coefficient (Wildman–Crippen LogP) is 2.76. The number of carbonyl (C=O) groups is 3. The first-order chi connectivity index (χ1) is 13.4. The fraction of sp³-hybridized carbons (Fsp3) is 0.286. The first-order valence-corrected chi connectivity index (χ1v) is 8.87. The fourth-order valence-corrected chi connectivity index (χ4v) is 2.40. The molecule has 0 aromatic heterocycles. The maximum atomic E-state index is 12.2. The number of hydrogen-bond donors (Lipinski definition) is 1. The Bertz CT molecular complexity index is 833. The van der Waals surface area contributed by atoms with Gasteiger partial charge < -0.3 is 19.7 Å². The Hall–Kier alpha value is -3.35. The molecule has 148 valence electrons. The predicted molar refractivity (Wildman–Crippen MR) is 106 cm³/mol. The molecule has 0 aliphatic heterocycles. The maximum Gasteiger partial charge on any atom is 0.260 e. The first kappa shape index (κ1) is 21.0. The van der Waals surface area contributed by atoms with Crippen LogP contribution in [0.15, 0.2) is 48.5 Å². The zero-order valence-corrected chi connectivity index (χ0v) is 16.2. The summed E-state index contributed by atoms with van der Waals surface area (Å²) in [5, 5.41) is 2.71. The van der Waals surface area contributed by atoms with Crippen LogP contribution in [0.25, 0.3) is 0 Å². The Morgan fingerprint density at radius 3 is 2.39 bits per heavy atom. The van der Waals surface area contributed by atoms with Crippen molar-refractivity contribution in [2.45, 2.75) is 13.3 Å². The third-order valence-corrected chi connectivity index (χ3v) is 4.02. The van der Waals surface area contributed by atoms with E-state index >= 15 is 0 Å². The number of nitrogens with one attached hydrogen (secondary N) is 1. The Morgan fingerprint density at radius 2 is 1.75 bits per heavy atom. The van der Waals surface area contributed by atoms with Crippen LogP contribution in [0, 0.1) is 0 Å². The van der Waals surface area contributed by atoms with Gasteiger partial charge >= 0.3 is 0 Å². The highest BCUT2D eigenvalue weighted by Gasteiger charge is 2.14. The highest BCUT2D eigenvalue weighted by Crippen LogP contribution is 2.16. The minimum absolute atomic E-state index is 0.0457. The Morgan fingerprint density at radius 1 is 1.04 bits per heavy atom. The Balaban J connectivity index is 1.81. The van der Waals surface area contributed by atoms with Gasteiger partial charge in [0.15, 0.2) is 12.4 Å². The van der Waals surface area contributed by atoms with Crippen molar-refractivity contribution in [2.24, 2.45) is 0 Å². The summed E-state index contributed by atoms with van der Waals surface area (Å²) in [5.41, 5.74) is 1.19. The van der Waals surface area contributed by atoms with E-state index in [2.05, 4.69) is 5.32 Å². The molecule has 0 unspecified atom stereocenters. The molecule has 0 bridgehead atoms. The third kappa shape index (κ3) is 6.12. The van der Waals surface area contributed by atoms with E-state index in [1.165, 1.54) is 11.9 Å². The molecule has 2 aromatic rings. The fourth-order valence-electron chi connectivity index (χ4n) is 2.40. The summed E-state index contributed by atoms with van der Waals surface area (Å²) in [7, 11) is 3.07. The zero-order valence-electron chi connectivity index (χ0n) is 16.2. The number of rotatable bonds is 9. The van der Waals surface area contributed by atoms with Crippen molar-refractivity contribution in [1.29, 1.82) is 0 Å². The van der Waals surface area contributed by atoms with Gasteiger partial charge in [0.25, 0.3) is 5.91 Å². The van der Waals surface area contributed by atoms with Gasteiger partial charge in [0.1, 0.15) is 11.5 Å². The average Bonchev–Trinajstić information content (AvgIpc) is 2.71. The van der Waals surface area contributed by atoms with Crippen LogP contribution in [0.3, 0.4) is 0 Å². The molecule has 2 amide bonds. The van der Waals surface area contributed by atoms with E-state index in [0.29, 0.717) is 29.2 Å². The molecule has 1 N–H and O–H groups in total. The molecule has 7 nitrogen and oxygen atoms in total. The molecule has 0 aliphatic carbocycles. The summed E-state index contributed by atoms with van der Waals surface area (Å²) in [6.07, 6.45) is 0.432. The number of anilines is 1. The molecule has 2 aromatic carbocycles. The van der Waals surface area contributed by atoms with Gasteiger partial charge in [-0.15, -0.1) is 0 Å². The van der Waals surface area contributed by atoms with Gasteiger partial charge in [0, 0.05) is 30.8 Å². The molecular formula is C21H24N2O5. The molecule has 0 heterocycles. The normalized spacial score (nSPS) is 10.1. The maximum absolute atomic E-state index is 12.2. The second-order valence-corrected chi connectivity index (χ2v) is 6.12. The van der Waals surface area contributed by atoms with Gasteiger partial charge in [-0.2, -0.15) is 0 Å². The second kappa shape index (κ2) is 10.1. The van der Waals surface area contributed by atoms with Gasteiger partial charge in [-0.25, -0.2) is 0 Å². The largest absolute Gasteiger partial charge is 0.497 e. The van der Waals surface area contributed by atoms with Crippen LogP contribution in [-0.2, 0) is 9.59 Å². The number of likely N-dealkylation sites (N-methyl/N-ethyl adjacent to an activating group) is 1. The molecular weight excluding hydrogens is 360 g/mol. The van der Waals surface area contributed by atoms with Crippen molar-refractivity contribution in [1.82, 2.24) is 4.90 Å². The smallest absolute Gasteiger partial charge is 0.260 e. The summed E-state index contributed by atoms with van der Waals surface area (Å²) < 4.78 is 10.5. The number of Topliss-reactive ketones (excluding diaryl/α,β-unsaturated/α-hetero) is 1. The molecule has 28 heavy (non-hydrogen) atoms. The summed E-state index contributed by atoms with van der Waals surface area (Å²) in [5.74, 6) is 0.489.